The van der Waals surface area contributed by atoms with E-state index in [-0.39, 0.29) is 12.1 Å². The number of likely N-dealkylation sites (tertiary alicyclic amines) is 1. The summed E-state index contributed by atoms with van der Waals surface area (Å²) in [6.07, 6.45) is 11.7. The molecule has 2 aliphatic heterocycles. The average Bonchev–Trinajstić information content (AvgIpc) is 3.48. The monoisotopic (exact) mass is 422 g/mol. The van der Waals surface area contributed by atoms with Gasteiger partial charge in [-0.3, -0.25) is 9.89 Å². The molecule has 2 fully saturated rings. The van der Waals surface area contributed by atoms with Crippen molar-refractivity contribution in [2.45, 2.75) is 90.2 Å². The molecule has 31 heavy (non-hydrogen) atoms. The van der Waals surface area contributed by atoms with E-state index in [1.165, 1.54) is 42.4 Å². The molecule has 1 spiro atoms. The summed E-state index contributed by atoms with van der Waals surface area (Å²) in [7, 11) is 0. The molecule has 1 aromatic rings. The molecule has 1 atom stereocenters. The molecule has 1 saturated heterocycles. The first-order valence-electron chi connectivity index (χ1n) is 11.8. The Kier molecular flexibility index (Phi) is 4.91. The number of aromatic hydroxyl groups is 1. The van der Waals surface area contributed by atoms with Gasteiger partial charge in [0.05, 0.1) is 6.04 Å². The van der Waals surface area contributed by atoms with E-state index >= 15 is 0 Å². The second kappa shape index (κ2) is 7.39. The van der Waals surface area contributed by atoms with Crippen LogP contribution in [0.2, 0.25) is 0 Å². The Morgan fingerprint density at radius 1 is 1.16 bits per heavy atom. The molecule has 166 valence electrons. The van der Waals surface area contributed by atoms with Gasteiger partial charge < -0.3 is 9.84 Å². The number of hydrogen-bond acceptors (Lipinski definition) is 4. The Balaban J connectivity index is 1.34. The summed E-state index contributed by atoms with van der Waals surface area (Å²) < 4.78 is 5.64. The standard InChI is InChI=1S/C26H34N2O3/c1-25(2,3)31-24(30)28-12-6-7-22(28)21-13-17(16-27-21)18-8-9-23(29)20-15-26(14-19(18)20)10-4-5-11-26/h8-9,16,22,29H,4-7,10-15H2,1-3H3/t22-/m0/s1. The van der Waals surface area contributed by atoms with Gasteiger partial charge in [-0.05, 0) is 93.0 Å². The molecule has 5 rings (SSSR count). The Morgan fingerprint density at radius 2 is 1.90 bits per heavy atom. The fourth-order valence-corrected chi connectivity index (χ4v) is 6.14. The van der Waals surface area contributed by atoms with Gasteiger partial charge in [0.25, 0.3) is 0 Å². The zero-order valence-corrected chi connectivity index (χ0v) is 19.0. The summed E-state index contributed by atoms with van der Waals surface area (Å²) in [5.41, 5.74) is 5.89. The lowest BCUT2D eigenvalue weighted by Crippen LogP contribution is -2.43. The maximum atomic E-state index is 12.7. The number of benzene rings is 1. The van der Waals surface area contributed by atoms with Gasteiger partial charge in [-0.1, -0.05) is 18.9 Å². The second-order valence-electron chi connectivity index (χ2n) is 10.9. The quantitative estimate of drug-likeness (QED) is 0.671. The molecule has 1 saturated carbocycles. The van der Waals surface area contributed by atoms with Crippen LogP contribution in [0.3, 0.4) is 0 Å². The fourth-order valence-electron chi connectivity index (χ4n) is 6.14. The van der Waals surface area contributed by atoms with Crippen LogP contribution in [0.4, 0.5) is 4.79 Å². The third-order valence-corrected chi connectivity index (χ3v) is 7.54. The molecule has 0 bridgehead atoms. The molecule has 1 aromatic carbocycles. The van der Waals surface area contributed by atoms with Crippen LogP contribution in [0.5, 0.6) is 5.75 Å². The van der Waals surface area contributed by atoms with Crippen molar-refractivity contribution < 1.29 is 14.6 Å². The number of carbonyl (C=O) groups is 1. The first-order chi connectivity index (χ1) is 14.7. The lowest BCUT2D eigenvalue weighted by atomic mass is 9.83. The highest BCUT2D eigenvalue weighted by molar-refractivity contribution is 6.03. The maximum Gasteiger partial charge on any atom is 0.410 e. The van der Waals surface area contributed by atoms with Crippen molar-refractivity contribution in [3.05, 3.63) is 35.0 Å². The summed E-state index contributed by atoms with van der Waals surface area (Å²) in [4.78, 5) is 19.4. The Labute approximate surface area is 185 Å². The Morgan fingerprint density at radius 3 is 2.65 bits per heavy atom. The van der Waals surface area contributed by atoms with Gasteiger partial charge in [-0.25, -0.2) is 4.79 Å². The number of allylic oxidation sites excluding steroid dienone is 1. The van der Waals surface area contributed by atoms with E-state index in [2.05, 4.69) is 6.07 Å². The van der Waals surface area contributed by atoms with E-state index in [4.69, 9.17) is 9.73 Å². The van der Waals surface area contributed by atoms with Crippen molar-refractivity contribution in [2.75, 3.05) is 6.54 Å². The minimum Gasteiger partial charge on any atom is -0.508 e. The first-order valence-corrected chi connectivity index (χ1v) is 11.8. The average molecular weight is 423 g/mol. The molecule has 1 N–H and O–H groups in total. The highest BCUT2D eigenvalue weighted by Gasteiger charge is 2.42. The lowest BCUT2D eigenvalue weighted by molar-refractivity contribution is 0.0265. The molecular formula is C26H34N2O3. The van der Waals surface area contributed by atoms with Crippen LogP contribution in [-0.2, 0) is 17.6 Å². The first kappa shape index (κ1) is 20.6. The van der Waals surface area contributed by atoms with Crippen molar-refractivity contribution in [3.8, 4) is 5.75 Å². The predicted molar refractivity (Wildman–Crippen MR) is 122 cm³/mol. The van der Waals surface area contributed by atoms with Crippen molar-refractivity contribution in [1.82, 2.24) is 4.90 Å². The second-order valence-corrected chi connectivity index (χ2v) is 10.9. The van der Waals surface area contributed by atoms with E-state index in [1.54, 1.807) is 0 Å². The van der Waals surface area contributed by atoms with E-state index in [0.717, 1.165) is 49.9 Å². The van der Waals surface area contributed by atoms with Crippen molar-refractivity contribution >= 4 is 17.4 Å². The van der Waals surface area contributed by atoms with Gasteiger partial charge in [0, 0.05) is 24.9 Å². The Bertz CT molecular complexity index is 964. The lowest BCUT2D eigenvalue weighted by Gasteiger charge is -2.29. The molecule has 4 aliphatic rings. The minimum atomic E-state index is -0.492. The van der Waals surface area contributed by atoms with Crippen LogP contribution >= 0.6 is 0 Å². The molecule has 2 heterocycles. The summed E-state index contributed by atoms with van der Waals surface area (Å²) in [5, 5.41) is 10.5. The minimum absolute atomic E-state index is 0.0231. The fraction of sp³-hybridized carbons (Fsp3) is 0.615. The van der Waals surface area contributed by atoms with Gasteiger partial charge in [0.15, 0.2) is 0 Å². The van der Waals surface area contributed by atoms with Crippen molar-refractivity contribution in [3.63, 3.8) is 0 Å². The number of hydrogen-bond donors (Lipinski definition) is 1. The highest BCUT2D eigenvalue weighted by Crippen LogP contribution is 2.52. The van der Waals surface area contributed by atoms with Crippen molar-refractivity contribution in [1.29, 1.82) is 0 Å². The van der Waals surface area contributed by atoms with Crippen LogP contribution in [0.1, 0.15) is 82.4 Å². The van der Waals surface area contributed by atoms with E-state index in [9.17, 15) is 9.90 Å². The zero-order valence-electron chi connectivity index (χ0n) is 19.0. The van der Waals surface area contributed by atoms with Crippen LogP contribution in [0.25, 0.3) is 5.57 Å². The van der Waals surface area contributed by atoms with E-state index in [0.29, 0.717) is 11.2 Å². The number of phenolic OH excluding ortho intramolecular Hbond substituents is 1. The summed E-state index contributed by atoms with van der Waals surface area (Å²) in [5.74, 6) is 0.453. The summed E-state index contributed by atoms with van der Waals surface area (Å²) in [6.45, 7) is 6.45. The number of nitrogens with zero attached hydrogens (tertiary/aromatic N) is 2. The number of fused-ring (bicyclic) bond motifs is 1. The summed E-state index contributed by atoms with van der Waals surface area (Å²) in [6, 6.07) is 3.96. The molecular weight excluding hydrogens is 388 g/mol. The van der Waals surface area contributed by atoms with Crippen LogP contribution in [0.15, 0.2) is 23.3 Å². The number of rotatable bonds is 2. The van der Waals surface area contributed by atoms with Gasteiger partial charge >= 0.3 is 6.09 Å². The third-order valence-electron chi connectivity index (χ3n) is 7.54. The third kappa shape index (κ3) is 3.77. The number of ether oxygens (including phenoxy) is 1. The number of phenols is 1. The normalized spacial score (nSPS) is 24.5. The van der Waals surface area contributed by atoms with E-state index < -0.39 is 5.60 Å². The molecule has 0 unspecified atom stereocenters. The number of aliphatic imine (C=N–C) groups is 1. The van der Waals surface area contributed by atoms with Crippen molar-refractivity contribution in [2.24, 2.45) is 10.4 Å². The van der Waals surface area contributed by atoms with Crippen LogP contribution in [-0.4, -0.2) is 40.0 Å². The van der Waals surface area contributed by atoms with Gasteiger partial charge in [-0.2, -0.15) is 0 Å². The maximum absolute atomic E-state index is 12.7. The SMILES string of the molecule is CC(C)(C)OC(=O)N1CCC[C@H]1C1=NC=C(c2ccc(O)c3c2CC2(CCCC2)C3)C1. The van der Waals surface area contributed by atoms with E-state index in [1.807, 2.05) is 37.9 Å². The molecule has 0 aromatic heterocycles. The Hall–Kier alpha value is -2.30. The largest absolute Gasteiger partial charge is 0.508 e. The molecule has 2 aliphatic carbocycles. The van der Waals surface area contributed by atoms with Gasteiger partial charge in [-0.15, -0.1) is 0 Å². The van der Waals surface area contributed by atoms with Gasteiger partial charge in [0.2, 0.25) is 0 Å². The highest BCUT2D eigenvalue weighted by atomic mass is 16.6. The number of amides is 1. The zero-order chi connectivity index (χ0) is 21.8. The molecule has 0 radical (unpaired) electrons. The smallest absolute Gasteiger partial charge is 0.410 e. The molecule has 5 heteroatoms. The van der Waals surface area contributed by atoms with Crippen LogP contribution < -0.4 is 0 Å². The van der Waals surface area contributed by atoms with Gasteiger partial charge in [0.1, 0.15) is 11.4 Å². The molecule has 5 nitrogen and oxygen atoms in total. The van der Waals surface area contributed by atoms with Crippen LogP contribution in [0, 0.1) is 5.41 Å². The molecule has 1 amide bonds. The summed E-state index contributed by atoms with van der Waals surface area (Å²) >= 11 is 0. The number of carbonyl (C=O) groups excluding carboxylic acids is 1. The topological polar surface area (TPSA) is 62.1 Å². The predicted octanol–water partition coefficient (Wildman–Crippen LogP) is 5.64.